The van der Waals surface area contributed by atoms with Gasteiger partial charge in [-0.05, 0) is 32.1 Å². The lowest BCUT2D eigenvalue weighted by atomic mass is 9.87. The quantitative estimate of drug-likeness (QED) is 0.223. The van der Waals surface area contributed by atoms with E-state index in [9.17, 15) is 0 Å². The van der Waals surface area contributed by atoms with Crippen LogP contribution in [0.1, 0.15) is 58.3 Å². The van der Waals surface area contributed by atoms with Crippen LogP contribution in [0.5, 0.6) is 0 Å². The van der Waals surface area contributed by atoms with E-state index in [2.05, 4.69) is 22.5 Å². The summed E-state index contributed by atoms with van der Waals surface area (Å²) in [4.78, 5) is 4.66. The van der Waals surface area contributed by atoms with E-state index in [1.165, 1.54) is 38.5 Å². The summed E-state index contributed by atoms with van der Waals surface area (Å²) in [6.45, 7) is 8.28. The zero-order valence-corrected chi connectivity index (χ0v) is 18.3. The summed E-state index contributed by atoms with van der Waals surface area (Å²) in [5, 5.41) is 6.82. The van der Waals surface area contributed by atoms with Crippen LogP contribution in [0.3, 0.4) is 0 Å². The third-order valence-electron chi connectivity index (χ3n) is 5.01. The van der Waals surface area contributed by atoms with Crippen molar-refractivity contribution < 1.29 is 9.47 Å². The minimum atomic E-state index is 0. The van der Waals surface area contributed by atoms with Gasteiger partial charge in [0, 0.05) is 38.8 Å². The molecule has 6 heteroatoms. The van der Waals surface area contributed by atoms with Crippen LogP contribution in [-0.2, 0) is 9.47 Å². The van der Waals surface area contributed by atoms with Gasteiger partial charge in [0.25, 0.3) is 0 Å². The normalized spacial score (nSPS) is 21.8. The molecule has 0 spiro atoms. The maximum Gasteiger partial charge on any atom is 0.191 e. The number of rotatable bonds is 10. The smallest absolute Gasteiger partial charge is 0.191 e. The summed E-state index contributed by atoms with van der Waals surface area (Å²) in [5.74, 6) is 2.48. The molecule has 1 atom stereocenters. The molecule has 2 aliphatic rings. The van der Waals surface area contributed by atoms with Gasteiger partial charge >= 0.3 is 0 Å². The molecule has 1 saturated heterocycles. The summed E-state index contributed by atoms with van der Waals surface area (Å²) >= 11 is 0. The van der Waals surface area contributed by atoms with Crippen LogP contribution in [-0.4, -0.2) is 52.0 Å². The van der Waals surface area contributed by atoms with Crippen molar-refractivity contribution in [2.75, 3.05) is 46.1 Å². The topological polar surface area (TPSA) is 54.9 Å². The number of hydrogen-bond donors (Lipinski definition) is 2. The van der Waals surface area contributed by atoms with E-state index in [0.29, 0.717) is 5.92 Å². The minimum Gasteiger partial charge on any atom is -0.381 e. The van der Waals surface area contributed by atoms with Gasteiger partial charge in [0.15, 0.2) is 5.96 Å². The lowest BCUT2D eigenvalue weighted by Crippen LogP contribution is -2.38. The van der Waals surface area contributed by atoms with Crippen molar-refractivity contribution in [2.24, 2.45) is 16.8 Å². The number of guanidine groups is 1. The Labute approximate surface area is 171 Å². The highest BCUT2D eigenvalue weighted by atomic mass is 127. The lowest BCUT2D eigenvalue weighted by molar-refractivity contribution is 0.0893. The van der Waals surface area contributed by atoms with Crippen molar-refractivity contribution in [3.63, 3.8) is 0 Å². The molecule has 1 aliphatic heterocycles. The largest absolute Gasteiger partial charge is 0.381 e. The first-order valence-corrected chi connectivity index (χ1v) is 10.1. The number of aliphatic imine (C=N–C) groups is 1. The summed E-state index contributed by atoms with van der Waals surface area (Å²) in [6, 6.07) is 0. The number of ether oxygens (including phenoxy) is 2. The van der Waals surface area contributed by atoms with Crippen molar-refractivity contribution in [3.8, 4) is 0 Å². The molecular weight excluding hydrogens is 429 g/mol. The van der Waals surface area contributed by atoms with Gasteiger partial charge in [0.1, 0.15) is 0 Å². The van der Waals surface area contributed by atoms with Crippen molar-refractivity contribution in [3.05, 3.63) is 0 Å². The molecule has 1 heterocycles. The highest BCUT2D eigenvalue weighted by molar-refractivity contribution is 14.0. The van der Waals surface area contributed by atoms with E-state index in [1.807, 2.05) is 0 Å². The van der Waals surface area contributed by atoms with Crippen molar-refractivity contribution in [2.45, 2.75) is 58.3 Å². The Morgan fingerprint density at radius 3 is 2.68 bits per heavy atom. The fraction of sp³-hybridized carbons (Fsp3) is 0.947. The average Bonchev–Trinajstić information content (AvgIpc) is 3.12. The molecule has 148 valence electrons. The lowest BCUT2D eigenvalue weighted by Gasteiger charge is -2.22. The zero-order valence-electron chi connectivity index (χ0n) is 15.9. The van der Waals surface area contributed by atoms with Crippen LogP contribution in [0.25, 0.3) is 0 Å². The van der Waals surface area contributed by atoms with E-state index in [-0.39, 0.29) is 24.0 Å². The van der Waals surface area contributed by atoms with Crippen LogP contribution in [0.4, 0.5) is 0 Å². The monoisotopic (exact) mass is 467 g/mol. The number of halogens is 1. The third-order valence-corrected chi connectivity index (χ3v) is 5.01. The molecule has 0 amide bonds. The fourth-order valence-electron chi connectivity index (χ4n) is 3.53. The molecular formula is C19H38IN3O2. The van der Waals surface area contributed by atoms with Crippen molar-refractivity contribution in [1.29, 1.82) is 0 Å². The summed E-state index contributed by atoms with van der Waals surface area (Å²) in [6.07, 6.45) is 10.5. The summed E-state index contributed by atoms with van der Waals surface area (Å²) in [7, 11) is 0. The summed E-state index contributed by atoms with van der Waals surface area (Å²) in [5.41, 5.74) is 0. The molecule has 0 aromatic heterocycles. The van der Waals surface area contributed by atoms with E-state index in [0.717, 1.165) is 70.8 Å². The molecule has 1 aliphatic carbocycles. The molecule has 2 fully saturated rings. The standard InChI is InChI=1S/C19H37N3O2.HI/c1-2-20-19(22-12-9-17-7-4-3-5-8-17)21-11-6-13-23-15-18-10-14-24-16-18;/h17-18H,2-16H2,1H3,(H2,20,21,22);1H. The zero-order chi connectivity index (χ0) is 16.9. The highest BCUT2D eigenvalue weighted by Crippen LogP contribution is 2.25. The Morgan fingerprint density at radius 1 is 1.12 bits per heavy atom. The SMILES string of the molecule is CCNC(=NCCCOCC1CCOC1)NCCC1CCCCC1.I. The second kappa shape index (κ2) is 15.0. The maximum absolute atomic E-state index is 5.73. The number of hydrogen-bond acceptors (Lipinski definition) is 3. The number of nitrogens with zero attached hydrogens (tertiary/aromatic N) is 1. The molecule has 1 unspecified atom stereocenters. The molecule has 0 aromatic carbocycles. The van der Waals surface area contributed by atoms with Crippen molar-refractivity contribution >= 4 is 29.9 Å². The maximum atomic E-state index is 5.73. The average molecular weight is 467 g/mol. The predicted octanol–water partition coefficient (Wildman–Crippen LogP) is 3.57. The third kappa shape index (κ3) is 10.6. The van der Waals surface area contributed by atoms with Crippen LogP contribution < -0.4 is 10.6 Å². The molecule has 2 N–H and O–H groups in total. The van der Waals surface area contributed by atoms with Gasteiger partial charge in [-0.15, -0.1) is 24.0 Å². The number of nitrogens with one attached hydrogen (secondary N) is 2. The fourth-order valence-corrected chi connectivity index (χ4v) is 3.53. The van der Waals surface area contributed by atoms with Gasteiger partial charge in [-0.3, -0.25) is 4.99 Å². The van der Waals surface area contributed by atoms with E-state index in [4.69, 9.17) is 9.47 Å². The van der Waals surface area contributed by atoms with Crippen molar-refractivity contribution in [1.82, 2.24) is 10.6 Å². The predicted molar refractivity (Wildman–Crippen MR) is 115 cm³/mol. The van der Waals surface area contributed by atoms with Gasteiger partial charge in [0.2, 0.25) is 0 Å². The van der Waals surface area contributed by atoms with Gasteiger partial charge in [-0.2, -0.15) is 0 Å². The molecule has 25 heavy (non-hydrogen) atoms. The van der Waals surface area contributed by atoms with E-state index < -0.39 is 0 Å². The Balaban J connectivity index is 0.00000312. The molecule has 2 rings (SSSR count). The van der Waals surface area contributed by atoms with Gasteiger partial charge in [-0.1, -0.05) is 32.1 Å². The summed E-state index contributed by atoms with van der Waals surface area (Å²) < 4.78 is 11.1. The molecule has 5 nitrogen and oxygen atoms in total. The highest BCUT2D eigenvalue weighted by Gasteiger charge is 2.15. The van der Waals surface area contributed by atoms with Gasteiger partial charge in [0.05, 0.1) is 13.2 Å². The molecule has 0 radical (unpaired) electrons. The first kappa shape index (κ1) is 23.0. The Bertz CT molecular complexity index is 344. The second-order valence-corrected chi connectivity index (χ2v) is 7.14. The first-order chi connectivity index (χ1) is 11.9. The van der Waals surface area contributed by atoms with Crippen LogP contribution in [0.2, 0.25) is 0 Å². The van der Waals surface area contributed by atoms with Gasteiger partial charge in [-0.25, -0.2) is 0 Å². The Morgan fingerprint density at radius 2 is 1.96 bits per heavy atom. The first-order valence-electron chi connectivity index (χ1n) is 10.1. The second-order valence-electron chi connectivity index (χ2n) is 7.14. The Hall–Kier alpha value is -0.0800. The van der Waals surface area contributed by atoms with E-state index in [1.54, 1.807) is 0 Å². The Kier molecular flexibility index (Phi) is 13.8. The van der Waals surface area contributed by atoms with Crippen LogP contribution in [0.15, 0.2) is 4.99 Å². The molecule has 0 aromatic rings. The van der Waals surface area contributed by atoms with Crippen LogP contribution in [0, 0.1) is 11.8 Å². The van der Waals surface area contributed by atoms with E-state index >= 15 is 0 Å². The minimum absolute atomic E-state index is 0. The van der Waals surface area contributed by atoms with Crippen LogP contribution >= 0.6 is 24.0 Å². The molecule has 0 bridgehead atoms. The molecule has 1 saturated carbocycles. The van der Waals surface area contributed by atoms with Gasteiger partial charge < -0.3 is 20.1 Å².